The topological polar surface area (TPSA) is 65.8 Å². The molecule has 2 aromatic rings. The fraction of sp³-hybridized carbons (Fsp3) is 0.350. The first-order valence-corrected chi connectivity index (χ1v) is 9.53. The maximum Gasteiger partial charge on any atom is 0.230 e. The van der Waals surface area contributed by atoms with E-state index in [1.807, 2.05) is 37.3 Å². The van der Waals surface area contributed by atoms with Crippen molar-refractivity contribution >= 4 is 17.7 Å². The molecule has 5 heteroatoms. The number of hydrogen-bond donors (Lipinski definition) is 1. The maximum absolute atomic E-state index is 12.1. The van der Waals surface area contributed by atoms with Crippen LogP contribution < -0.4 is 5.32 Å². The number of thioether (sulfide) groups is 1. The molecule has 1 amide bonds. The van der Waals surface area contributed by atoms with E-state index in [0.29, 0.717) is 17.1 Å². The third-order valence-corrected chi connectivity index (χ3v) is 5.45. The van der Waals surface area contributed by atoms with Gasteiger partial charge in [0.05, 0.1) is 11.3 Å². The Labute approximate surface area is 152 Å². The van der Waals surface area contributed by atoms with Crippen LogP contribution >= 0.6 is 11.8 Å². The molecule has 0 saturated heterocycles. The van der Waals surface area contributed by atoms with E-state index >= 15 is 0 Å². The minimum atomic E-state index is -0.0464. The van der Waals surface area contributed by atoms with Crippen LogP contribution in [0.15, 0.2) is 35.4 Å². The van der Waals surface area contributed by atoms with Gasteiger partial charge in [-0.15, -0.1) is 0 Å². The van der Waals surface area contributed by atoms with Gasteiger partial charge in [0.25, 0.3) is 0 Å². The number of benzene rings is 1. The summed E-state index contributed by atoms with van der Waals surface area (Å²) in [6.45, 7) is 2.52. The third-order valence-electron chi connectivity index (χ3n) is 4.47. The minimum absolute atomic E-state index is 0.0464. The summed E-state index contributed by atoms with van der Waals surface area (Å²) in [6, 6.07) is 12.1. The zero-order valence-corrected chi connectivity index (χ0v) is 15.2. The van der Waals surface area contributed by atoms with Crippen LogP contribution in [-0.2, 0) is 24.2 Å². The van der Waals surface area contributed by atoms with Crippen molar-refractivity contribution in [2.75, 3.05) is 5.75 Å². The summed E-state index contributed by atoms with van der Waals surface area (Å²) >= 11 is 1.36. The summed E-state index contributed by atoms with van der Waals surface area (Å²) in [5.41, 5.74) is 5.12. The number of carbonyl (C=O) groups excluding carboxylic acids is 1. The first kappa shape index (κ1) is 17.5. The average molecular weight is 351 g/mol. The van der Waals surface area contributed by atoms with Gasteiger partial charge in [-0.2, -0.15) is 5.26 Å². The number of nitriles is 1. The molecule has 3 rings (SSSR count). The van der Waals surface area contributed by atoms with Crippen LogP contribution in [0.3, 0.4) is 0 Å². The van der Waals surface area contributed by atoms with Crippen LogP contribution in [0.5, 0.6) is 0 Å². The van der Waals surface area contributed by atoms with E-state index < -0.39 is 0 Å². The van der Waals surface area contributed by atoms with Crippen molar-refractivity contribution in [3.05, 3.63) is 58.3 Å². The second-order valence-corrected chi connectivity index (χ2v) is 7.17. The van der Waals surface area contributed by atoms with Gasteiger partial charge in [-0.25, -0.2) is 4.98 Å². The van der Waals surface area contributed by atoms with Crippen LogP contribution in [0.2, 0.25) is 0 Å². The molecule has 1 aromatic carbocycles. The Morgan fingerprint density at radius 3 is 2.68 bits per heavy atom. The Kier molecular flexibility index (Phi) is 5.72. The van der Waals surface area contributed by atoms with Crippen molar-refractivity contribution < 1.29 is 4.79 Å². The van der Waals surface area contributed by atoms with Crippen molar-refractivity contribution in [2.45, 2.75) is 44.2 Å². The molecule has 1 aromatic heterocycles. The Morgan fingerprint density at radius 2 is 1.96 bits per heavy atom. The number of carbonyl (C=O) groups is 1. The van der Waals surface area contributed by atoms with Gasteiger partial charge in [-0.3, -0.25) is 4.79 Å². The quantitative estimate of drug-likeness (QED) is 0.837. The largest absolute Gasteiger partial charge is 0.351 e. The molecule has 0 atom stereocenters. The number of aromatic nitrogens is 1. The molecule has 0 unspecified atom stereocenters. The molecule has 25 heavy (non-hydrogen) atoms. The highest BCUT2D eigenvalue weighted by atomic mass is 32.2. The monoisotopic (exact) mass is 351 g/mol. The van der Waals surface area contributed by atoms with Crippen LogP contribution in [0, 0.1) is 18.3 Å². The second kappa shape index (κ2) is 8.17. The van der Waals surface area contributed by atoms with Crippen molar-refractivity contribution in [3.63, 3.8) is 0 Å². The molecule has 0 spiro atoms. The van der Waals surface area contributed by atoms with Crippen molar-refractivity contribution in [1.29, 1.82) is 5.26 Å². The average Bonchev–Trinajstić information content (AvgIpc) is 2.66. The van der Waals surface area contributed by atoms with Crippen LogP contribution in [0.25, 0.3) is 0 Å². The summed E-state index contributed by atoms with van der Waals surface area (Å²) in [6.07, 6.45) is 4.22. The fourth-order valence-electron chi connectivity index (χ4n) is 3.19. The Bertz CT molecular complexity index is 812. The molecule has 0 fully saturated rings. The molecular formula is C20H21N3OS. The number of fused-ring (bicyclic) bond motifs is 1. The third kappa shape index (κ3) is 4.21. The number of amides is 1. The zero-order chi connectivity index (χ0) is 17.6. The summed E-state index contributed by atoms with van der Waals surface area (Å²) in [4.78, 5) is 16.7. The van der Waals surface area contributed by atoms with Gasteiger partial charge in [0, 0.05) is 12.2 Å². The van der Waals surface area contributed by atoms with Crippen molar-refractivity contribution in [3.8, 4) is 6.07 Å². The van der Waals surface area contributed by atoms with Gasteiger partial charge in [0.1, 0.15) is 11.1 Å². The predicted octanol–water partition coefficient (Wildman–Crippen LogP) is 3.55. The standard InChI is InChI=1S/C20H21N3OS/c1-14-16-9-5-6-10-17(16)18(11-21)20(23-14)25-13-19(24)22-12-15-7-3-2-4-8-15/h2-4,7-8H,5-6,9-10,12-13H2,1H3,(H,22,24). The lowest BCUT2D eigenvalue weighted by Crippen LogP contribution is -2.24. The minimum Gasteiger partial charge on any atom is -0.351 e. The van der Waals surface area contributed by atoms with E-state index in [1.165, 1.54) is 17.3 Å². The molecule has 1 heterocycles. The first-order chi connectivity index (χ1) is 12.2. The normalized spacial score (nSPS) is 13.0. The number of rotatable bonds is 5. The summed E-state index contributed by atoms with van der Waals surface area (Å²) in [5, 5.41) is 13.2. The highest BCUT2D eigenvalue weighted by Gasteiger charge is 2.21. The van der Waals surface area contributed by atoms with Gasteiger partial charge in [0.15, 0.2) is 0 Å². The van der Waals surface area contributed by atoms with Crippen LogP contribution in [-0.4, -0.2) is 16.6 Å². The molecule has 0 aliphatic heterocycles. The van der Waals surface area contributed by atoms with E-state index in [2.05, 4.69) is 16.4 Å². The molecular weight excluding hydrogens is 330 g/mol. The Morgan fingerprint density at radius 1 is 1.24 bits per heavy atom. The predicted molar refractivity (Wildman–Crippen MR) is 99.3 cm³/mol. The molecule has 0 saturated carbocycles. The smallest absolute Gasteiger partial charge is 0.230 e. The number of nitrogens with one attached hydrogen (secondary N) is 1. The maximum atomic E-state index is 12.1. The number of hydrogen-bond acceptors (Lipinski definition) is 4. The number of nitrogens with zero attached hydrogens (tertiary/aromatic N) is 2. The van der Waals surface area contributed by atoms with Crippen molar-refractivity contribution in [2.24, 2.45) is 0 Å². The summed E-state index contributed by atoms with van der Waals surface area (Å²) < 4.78 is 0. The van der Waals surface area contributed by atoms with Crippen LogP contribution in [0.1, 0.15) is 40.8 Å². The van der Waals surface area contributed by atoms with Crippen molar-refractivity contribution in [1.82, 2.24) is 10.3 Å². The lowest BCUT2D eigenvalue weighted by Gasteiger charge is -2.20. The summed E-state index contributed by atoms with van der Waals surface area (Å²) in [7, 11) is 0. The van der Waals surface area contributed by atoms with Crippen LogP contribution in [0.4, 0.5) is 0 Å². The van der Waals surface area contributed by atoms with Gasteiger partial charge < -0.3 is 5.32 Å². The fourth-order valence-corrected chi connectivity index (χ4v) is 4.07. The highest BCUT2D eigenvalue weighted by Crippen LogP contribution is 2.31. The van der Waals surface area contributed by atoms with E-state index in [4.69, 9.17) is 0 Å². The van der Waals surface area contributed by atoms with Gasteiger partial charge in [-0.1, -0.05) is 42.1 Å². The van der Waals surface area contributed by atoms with Gasteiger partial charge in [-0.05, 0) is 49.3 Å². The number of pyridine rings is 1. The van der Waals surface area contributed by atoms with Gasteiger partial charge >= 0.3 is 0 Å². The van der Waals surface area contributed by atoms with E-state index in [-0.39, 0.29) is 11.7 Å². The zero-order valence-electron chi connectivity index (χ0n) is 14.3. The molecule has 0 bridgehead atoms. The van der Waals surface area contributed by atoms with E-state index in [9.17, 15) is 10.1 Å². The molecule has 1 aliphatic rings. The lowest BCUT2D eigenvalue weighted by atomic mass is 9.88. The van der Waals surface area contributed by atoms with E-state index in [0.717, 1.165) is 42.5 Å². The Hall–Kier alpha value is -2.32. The van der Waals surface area contributed by atoms with Gasteiger partial charge in [0.2, 0.25) is 5.91 Å². The number of aryl methyl sites for hydroxylation is 1. The molecule has 4 nitrogen and oxygen atoms in total. The first-order valence-electron chi connectivity index (χ1n) is 8.55. The second-order valence-electron chi connectivity index (χ2n) is 6.20. The highest BCUT2D eigenvalue weighted by molar-refractivity contribution is 8.00. The SMILES string of the molecule is Cc1nc(SCC(=O)NCc2ccccc2)c(C#N)c2c1CCCC2. The Balaban J connectivity index is 1.66. The summed E-state index contributed by atoms with van der Waals surface area (Å²) in [5.74, 6) is 0.224. The van der Waals surface area contributed by atoms with E-state index in [1.54, 1.807) is 0 Å². The molecule has 0 radical (unpaired) electrons. The molecule has 128 valence electrons. The molecule has 1 aliphatic carbocycles. The lowest BCUT2D eigenvalue weighted by molar-refractivity contribution is -0.118. The molecule has 1 N–H and O–H groups in total.